The molecule has 134 valence electrons. The van der Waals surface area contributed by atoms with Crippen LogP contribution < -0.4 is 16.1 Å². The molecule has 0 spiro atoms. The Hall–Kier alpha value is -1.95. The fourth-order valence-corrected chi connectivity index (χ4v) is 7.03. The fraction of sp³-hybridized carbons (Fsp3) is 0.350. The lowest BCUT2D eigenvalue weighted by Crippen LogP contribution is -2.65. The number of hydrogen-bond acceptors (Lipinski definition) is 4. The summed E-state index contributed by atoms with van der Waals surface area (Å²) < 4.78 is 4.72. The first kappa shape index (κ1) is 19.4. The Morgan fingerprint density at radius 1 is 1.08 bits per heavy atom. The van der Waals surface area contributed by atoms with Crippen LogP contribution in [0.4, 0.5) is 0 Å². The molecule has 4 nitrogen and oxygen atoms in total. The van der Waals surface area contributed by atoms with E-state index in [1.807, 2.05) is 60.7 Å². The zero-order valence-electron chi connectivity index (χ0n) is 15.1. The Labute approximate surface area is 150 Å². The predicted octanol–water partition coefficient (Wildman–Crippen LogP) is 1.80. The van der Waals surface area contributed by atoms with Gasteiger partial charge in [-0.2, -0.15) is 0 Å². The minimum absolute atomic E-state index is 0.415. The monoisotopic (exact) mass is 357 g/mol. The lowest BCUT2D eigenvalue weighted by atomic mass is 10.0. The number of methoxy groups -OCH3 is 1. The molecule has 0 saturated heterocycles. The molecule has 0 aliphatic rings. The summed E-state index contributed by atoms with van der Waals surface area (Å²) in [6, 6.07) is 19.0. The van der Waals surface area contributed by atoms with Crippen LogP contribution in [0.2, 0.25) is 5.04 Å². The standard InChI is InChI=1S/C20H27NO3Si/c1-20(2,15-14-18(21)19(22)24-3)25(23,16-10-6-4-7-11-16)17-12-8-5-9-13-17/h4-13,18,23H,14-15,21H2,1-3H3/t18-/m1/s1. The van der Waals surface area contributed by atoms with E-state index in [1.165, 1.54) is 7.11 Å². The maximum atomic E-state index is 12.0. The molecular weight excluding hydrogens is 330 g/mol. The summed E-state index contributed by atoms with van der Waals surface area (Å²) in [4.78, 5) is 23.6. The van der Waals surface area contributed by atoms with Gasteiger partial charge in [-0.05, 0) is 28.3 Å². The maximum Gasteiger partial charge on any atom is 0.322 e. The molecular formula is C20H27NO3Si. The van der Waals surface area contributed by atoms with Gasteiger partial charge in [0.25, 0.3) is 8.32 Å². The lowest BCUT2D eigenvalue weighted by Gasteiger charge is -2.41. The number of nitrogens with two attached hydrogens (primary N) is 1. The third-order valence-corrected chi connectivity index (χ3v) is 9.49. The van der Waals surface area contributed by atoms with Crippen LogP contribution in [-0.4, -0.2) is 32.2 Å². The molecule has 3 N–H and O–H groups in total. The van der Waals surface area contributed by atoms with E-state index in [1.54, 1.807) is 0 Å². The summed E-state index contributed by atoms with van der Waals surface area (Å²) in [5, 5.41) is 1.50. The summed E-state index contributed by atoms with van der Waals surface area (Å²) in [6.45, 7) is 4.12. The molecule has 0 amide bonds. The van der Waals surface area contributed by atoms with E-state index < -0.39 is 25.4 Å². The van der Waals surface area contributed by atoms with Crippen molar-refractivity contribution in [2.24, 2.45) is 5.73 Å². The van der Waals surface area contributed by atoms with Crippen LogP contribution in [0.3, 0.4) is 0 Å². The van der Waals surface area contributed by atoms with Gasteiger partial charge in [-0.3, -0.25) is 4.79 Å². The molecule has 0 unspecified atom stereocenters. The highest BCUT2D eigenvalue weighted by Crippen LogP contribution is 2.40. The number of rotatable bonds is 7. The Balaban J connectivity index is 2.40. The Morgan fingerprint density at radius 2 is 1.52 bits per heavy atom. The van der Waals surface area contributed by atoms with Gasteiger partial charge in [0.2, 0.25) is 0 Å². The lowest BCUT2D eigenvalue weighted by molar-refractivity contribution is -0.142. The minimum Gasteiger partial charge on any atom is -0.468 e. The number of esters is 1. The topological polar surface area (TPSA) is 72.5 Å². The first-order valence-corrected chi connectivity index (χ1v) is 10.4. The average Bonchev–Trinajstić information content (AvgIpc) is 2.66. The predicted molar refractivity (Wildman–Crippen MR) is 103 cm³/mol. The van der Waals surface area contributed by atoms with Crippen molar-refractivity contribution in [3.05, 3.63) is 60.7 Å². The quantitative estimate of drug-likeness (QED) is 0.585. The molecule has 0 aliphatic carbocycles. The SMILES string of the molecule is COC(=O)[C@H](N)CCC(C)(C)[Si](O)(c1ccccc1)c1ccccc1. The van der Waals surface area contributed by atoms with Gasteiger partial charge < -0.3 is 15.3 Å². The number of hydrogen-bond donors (Lipinski definition) is 2. The van der Waals surface area contributed by atoms with Crippen LogP contribution in [0.5, 0.6) is 0 Å². The Morgan fingerprint density at radius 3 is 1.92 bits per heavy atom. The molecule has 1 atom stereocenters. The normalized spacial score (nSPS) is 13.3. The van der Waals surface area contributed by atoms with Gasteiger partial charge >= 0.3 is 5.97 Å². The van der Waals surface area contributed by atoms with Crippen molar-refractivity contribution in [3.63, 3.8) is 0 Å². The zero-order chi connectivity index (χ0) is 18.5. The molecule has 5 heteroatoms. The van der Waals surface area contributed by atoms with Crippen molar-refractivity contribution in [2.75, 3.05) is 7.11 Å². The van der Waals surface area contributed by atoms with Crippen molar-refractivity contribution in [2.45, 2.75) is 37.8 Å². The summed E-state index contributed by atoms with van der Waals surface area (Å²) in [7, 11) is -1.71. The number of benzene rings is 2. The van der Waals surface area contributed by atoms with Gasteiger partial charge in [-0.25, -0.2) is 0 Å². The first-order chi connectivity index (χ1) is 11.8. The average molecular weight is 358 g/mol. The molecule has 0 bridgehead atoms. The van der Waals surface area contributed by atoms with Crippen LogP contribution in [0.1, 0.15) is 26.7 Å². The smallest absolute Gasteiger partial charge is 0.322 e. The van der Waals surface area contributed by atoms with Crippen molar-refractivity contribution in [1.82, 2.24) is 0 Å². The van der Waals surface area contributed by atoms with Crippen LogP contribution in [0, 0.1) is 0 Å². The molecule has 0 heterocycles. The van der Waals surface area contributed by atoms with Crippen molar-refractivity contribution < 1.29 is 14.3 Å². The van der Waals surface area contributed by atoms with Gasteiger partial charge in [-0.1, -0.05) is 74.5 Å². The molecule has 2 aromatic carbocycles. The Kier molecular flexibility index (Phi) is 6.16. The summed E-state index contributed by atoms with van der Waals surface area (Å²) in [6.07, 6.45) is 1.09. The summed E-state index contributed by atoms with van der Waals surface area (Å²) in [5.41, 5.74) is 5.91. The molecule has 0 aromatic heterocycles. The van der Waals surface area contributed by atoms with Crippen LogP contribution in [0.25, 0.3) is 0 Å². The fourth-order valence-electron chi connectivity index (χ4n) is 3.27. The third-order valence-electron chi connectivity index (χ3n) is 4.95. The highest BCUT2D eigenvalue weighted by Gasteiger charge is 2.49. The summed E-state index contributed by atoms with van der Waals surface area (Å²) in [5.74, 6) is -0.416. The highest BCUT2D eigenvalue weighted by atomic mass is 28.4. The second-order valence-corrected chi connectivity index (χ2v) is 10.9. The van der Waals surface area contributed by atoms with E-state index in [0.29, 0.717) is 12.8 Å². The van der Waals surface area contributed by atoms with E-state index in [9.17, 15) is 9.59 Å². The van der Waals surface area contributed by atoms with Gasteiger partial charge in [0.05, 0.1) is 7.11 Å². The Bertz CT molecular complexity index is 649. The second-order valence-electron chi connectivity index (χ2n) is 6.99. The van der Waals surface area contributed by atoms with E-state index in [0.717, 1.165) is 10.4 Å². The second kappa shape index (κ2) is 7.95. The highest BCUT2D eigenvalue weighted by molar-refractivity contribution is 6.98. The summed E-state index contributed by atoms with van der Waals surface area (Å²) >= 11 is 0. The van der Waals surface area contributed by atoms with Crippen LogP contribution in [-0.2, 0) is 9.53 Å². The van der Waals surface area contributed by atoms with Gasteiger partial charge in [-0.15, -0.1) is 0 Å². The van der Waals surface area contributed by atoms with Crippen LogP contribution >= 0.6 is 0 Å². The first-order valence-electron chi connectivity index (χ1n) is 8.50. The van der Waals surface area contributed by atoms with E-state index in [4.69, 9.17) is 10.5 Å². The van der Waals surface area contributed by atoms with Crippen molar-refractivity contribution >= 4 is 24.7 Å². The van der Waals surface area contributed by atoms with E-state index in [-0.39, 0.29) is 0 Å². The maximum absolute atomic E-state index is 12.0. The molecule has 2 aromatic rings. The molecule has 0 fully saturated rings. The van der Waals surface area contributed by atoms with E-state index in [2.05, 4.69) is 13.8 Å². The van der Waals surface area contributed by atoms with Gasteiger partial charge in [0.1, 0.15) is 6.04 Å². The third kappa shape index (κ3) is 4.00. The van der Waals surface area contributed by atoms with E-state index >= 15 is 0 Å². The van der Waals surface area contributed by atoms with Gasteiger partial charge in [0.15, 0.2) is 0 Å². The molecule has 2 rings (SSSR count). The molecule has 0 aliphatic heterocycles. The molecule has 25 heavy (non-hydrogen) atoms. The van der Waals surface area contributed by atoms with Crippen molar-refractivity contribution in [3.8, 4) is 0 Å². The van der Waals surface area contributed by atoms with Crippen molar-refractivity contribution in [1.29, 1.82) is 0 Å². The zero-order valence-corrected chi connectivity index (χ0v) is 16.1. The number of carbonyl (C=O) groups excluding carboxylic acids is 1. The largest absolute Gasteiger partial charge is 0.468 e. The van der Waals surface area contributed by atoms with Gasteiger partial charge in [0, 0.05) is 0 Å². The number of ether oxygens (including phenoxy) is 1. The molecule has 0 radical (unpaired) electrons. The number of carbonyl (C=O) groups is 1. The van der Waals surface area contributed by atoms with Crippen LogP contribution in [0.15, 0.2) is 60.7 Å². The molecule has 0 saturated carbocycles. The minimum atomic E-state index is -3.05.